The molecular weight excluding hydrogens is 492 g/mol. The monoisotopic (exact) mass is 508 g/mol. The van der Waals surface area contributed by atoms with Crippen molar-refractivity contribution in [3.63, 3.8) is 0 Å². The lowest BCUT2D eigenvalue weighted by Gasteiger charge is -2.13. The van der Waals surface area contributed by atoms with Crippen LogP contribution >= 0.6 is 45.6 Å². The number of halogens is 1. The second-order valence-corrected chi connectivity index (χ2v) is 10.5. The number of ether oxygens (including phenoxy) is 3. The highest BCUT2D eigenvalue weighted by molar-refractivity contribution is 7.41. The number of benzene rings is 1. The lowest BCUT2D eigenvalue weighted by atomic mass is 10.1. The molecule has 11 heteroatoms. The minimum absolute atomic E-state index is 0.218. The molecule has 4 rings (SSSR count). The van der Waals surface area contributed by atoms with Crippen LogP contribution in [0.1, 0.15) is 29.8 Å². The Morgan fingerprint density at radius 1 is 0.844 bits per heavy atom. The molecular formula is C21H17ClN2O5S3. The van der Waals surface area contributed by atoms with Crippen LogP contribution in [-0.2, 0) is 0 Å². The summed E-state index contributed by atoms with van der Waals surface area (Å²) in [5.41, 5.74) is 13.4. The van der Waals surface area contributed by atoms with Gasteiger partial charge in [-0.2, -0.15) is 0 Å². The van der Waals surface area contributed by atoms with Gasteiger partial charge in [0.05, 0.1) is 51.3 Å². The third-order valence-electron chi connectivity index (χ3n) is 4.76. The Bertz CT molecular complexity index is 1350. The fourth-order valence-corrected chi connectivity index (χ4v) is 6.81. The highest BCUT2D eigenvalue weighted by Gasteiger charge is 2.27. The summed E-state index contributed by atoms with van der Waals surface area (Å²) < 4.78 is 17.2. The predicted octanol–water partition coefficient (Wildman–Crippen LogP) is 5.33. The molecule has 0 radical (unpaired) electrons. The number of carbonyl (C=O) groups excluding carboxylic acids is 2. The number of thiophene rings is 3. The molecule has 0 aliphatic carbocycles. The summed E-state index contributed by atoms with van der Waals surface area (Å²) in [4.78, 5) is 27.3. The lowest BCUT2D eigenvalue weighted by Crippen LogP contribution is -2.05. The minimum Gasteiger partial charge on any atom is -0.493 e. The molecule has 32 heavy (non-hydrogen) atoms. The third kappa shape index (κ3) is 3.58. The number of rotatable bonds is 7. The van der Waals surface area contributed by atoms with Gasteiger partial charge in [0, 0.05) is 5.56 Å². The maximum absolute atomic E-state index is 13.3. The summed E-state index contributed by atoms with van der Waals surface area (Å²) in [5.74, 6) is 0.563. The first-order valence-corrected chi connectivity index (χ1v) is 11.9. The fraction of sp³-hybridized carbons (Fsp3) is 0.143. The van der Waals surface area contributed by atoms with E-state index in [1.807, 2.05) is 0 Å². The number of nitrogen functional groups attached to an aromatic ring is 2. The largest absolute Gasteiger partial charge is 0.493 e. The van der Waals surface area contributed by atoms with E-state index in [0.29, 0.717) is 51.2 Å². The van der Waals surface area contributed by atoms with E-state index in [2.05, 4.69) is 0 Å². The molecule has 0 amide bonds. The normalized spacial score (nSPS) is 11.0. The van der Waals surface area contributed by atoms with Crippen molar-refractivity contribution < 1.29 is 23.8 Å². The van der Waals surface area contributed by atoms with Crippen LogP contribution in [-0.4, -0.2) is 32.9 Å². The van der Waals surface area contributed by atoms with Crippen LogP contribution in [0, 0.1) is 0 Å². The second-order valence-electron chi connectivity index (χ2n) is 6.53. The maximum atomic E-state index is 13.3. The summed E-state index contributed by atoms with van der Waals surface area (Å²) in [6.45, 7) is 0. The predicted molar refractivity (Wildman–Crippen MR) is 131 cm³/mol. The van der Waals surface area contributed by atoms with Gasteiger partial charge >= 0.3 is 0 Å². The van der Waals surface area contributed by atoms with E-state index in [1.54, 1.807) is 24.3 Å². The Balaban J connectivity index is 1.77. The number of anilines is 2. The molecule has 0 atom stereocenters. The molecule has 0 unspecified atom stereocenters. The Hall–Kier alpha value is -2.79. The topological polar surface area (TPSA) is 114 Å². The van der Waals surface area contributed by atoms with Gasteiger partial charge < -0.3 is 25.7 Å². The van der Waals surface area contributed by atoms with Crippen molar-refractivity contribution in [3.8, 4) is 17.2 Å². The van der Waals surface area contributed by atoms with E-state index in [9.17, 15) is 9.59 Å². The van der Waals surface area contributed by atoms with Crippen LogP contribution in [0.25, 0.3) is 9.40 Å². The average Bonchev–Trinajstić information content (AvgIpc) is 3.47. The van der Waals surface area contributed by atoms with Crippen molar-refractivity contribution in [2.75, 3.05) is 32.8 Å². The fourth-order valence-electron chi connectivity index (χ4n) is 3.24. The number of fused-ring (bicyclic) bond motifs is 1. The molecule has 4 N–H and O–H groups in total. The van der Waals surface area contributed by atoms with Crippen LogP contribution in [0.5, 0.6) is 17.2 Å². The molecule has 0 spiro atoms. The van der Waals surface area contributed by atoms with E-state index < -0.39 is 0 Å². The van der Waals surface area contributed by atoms with E-state index in [0.717, 1.165) is 0 Å². The van der Waals surface area contributed by atoms with Gasteiger partial charge in [0.15, 0.2) is 11.5 Å². The van der Waals surface area contributed by atoms with Crippen molar-refractivity contribution in [3.05, 3.63) is 48.8 Å². The molecule has 0 saturated carbocycles. The summed E-state index contributed by atoms with van der Waals surface area (Å²) in [6.07, 6.45) is 0. The zero-order chi connectivity index (χ0) is 23.2. The first-order chi connectivity index (χ1) is 15.3. The number of carbonyl (C=O) groups is 2. The number of ketones is 2. The summed E-state index contributed by atoms with van der Waals surface area (Å²) in [5, 5.41) is 0.516. The zero-order valence-electron chi connectivity index (χ0n) is 17.1. The van der Waals surface area contributed by atoms with E-state index in [4.69, 9.17) is 37.3 Å². The molecule has 0 aliphatic heterocycles. The zero-order valence-corrected chi connectivity index (χ0v) is 20.3. The van der Waals surface area contributed by atoms with Crippen LogP contribution in [0.4, 0.5) is 11.4 Å². The van der Waals surface area contributed by atoms with Gasteiger partial charge in [-0.15, -0.1) is 34.0 Å². The Morgan fingerprint density at radius 2 is 1.41 bits per heavy atom. The van der Waals surface area contributed by atoms with E-state index >= 15 is 0 Å². The van der Waals surface area contributed by atoms with Crippen molar-refractivity contribution in [1.82, 2.24) is 0 Å². The van der Waals surface area contributed by atoms with Gasteiger partial charge in [-0.3, -0.25) is 9.59 Å². The SMILES string of the molecule is COc1cc(C(=O)c2sc3sc(C(=O)c4ccc(Cl)s4)c(N)c3c2N)cc(OC)c1OC. The highest BCUT2D eigenvalue weighted by Crippen LogP contribution is 2.47. The average molecular weight is 509 g/mol. The molecule has 0 bridgehead atoms. The summed E-state index contributed by atoms with van der Waals surface area (Å²) >= 11 is 9.53. The van der Waals surface area contributed by atoms with Gasteiger partial charge in [0.2, 0.25) is 17.3 Å². The van der Waals surface area contributed by atoms with Crippen molar-refractivity contribution in [2.45, 2.75) is 0 Å². The molecule has 0 aliphatic rings. The van der Waals surface area contributed by atoms with Crippen LogP contribution in [0.3, 0.4) is 0 Å². The van der Waals surface area contributed by atoms with E-state index in [1.165, 1.54) is 55.3 Å². The first kappa shape index (κ1) is 22.4. The van der Waals surface area contributed by atoms with Crippen LogP contribution < -0.4 is 25.7 Å². The smallest absolute Gasteiger partial charge is 0.215 e. The number of hydrogen-bond donors (Lipinski definition) is 2. The van der Waals surface area contributed by atoms with Gasteiger partial charge in [-0.25, -0.2) is 0 Å². The number of hydrogen-bond acceptors (Lipinski definition) is 10. The van der Waals surface area contributed by atoms with Crippen LogP contribution in [0.15, 0.2) is 24.3 Å². The van der Waals surface area contributed by atoms with Crippen molar-refractivity contribution >= 4 is 78.0 Å². The lowest BCUT2D eigenvalue weighted by molar-refractivity contribution is 0.103. The molecule has 0 saturated heterocycles. The molecule has 166 valence electrons. The molecule has 4 aromatic rings. The molecule has 7 nitrogen and oxygen atoms in total. The third-order valence-corrected chi connectivity index (χ3v) is 8.49. The minimum atomic E-state index is -0.313. The van der Waals surface area contributed by atoms with Crippen molar-refractivity contribution in [1.29, 1.82) is 0 Å². The molecule has 0 fully saturated rings. The Kier molecular flexibility index (Phi) is 6.04. The Morgan fingerprint density at radius 3 is 1.84 bits per heavy atom. The van der Waals surface area contributed by atoms with Crippen LogP contribution in [0.2, 0.25) is 4.34 Å². The summed E-state index contributed by atoms with van der Waals surface area (Å²) in [6, 6.07) is 6.45. The van der Waals surface area contributed by atoms with Gasteiger partial charge in [-0.1, -0.05) is 11.6 Å². The second kappa shape index (κ2) is 8.62. The van der Waals surface area contributed by atoms with Crippen molar-refractivity contribution in [2.24, 2.45) is 0 Å². The molecule has 1 aromatic carbocycles. The molecule has 3 heterocycles. The highest BCUT2D eigenvalue weighted by atomic mass is 35.5. The van der Waals surface area contributed by atoms with Gasteiger partial charge in [0.1, 0.15) is 9.75 Å². The molecule has 3 aromatic heterocycles. The number of nitrogens with two attached hydrogens (primary N) is 2. The number of methoxy groups -OCH3 is 3. The Labute approximate surface area is 200 Å². The summed E-state index contributed by atoms with van der Waals surface area (Å²) in [7, 11) is 4.43. The quantitative estimate of drug-likeness (QED) is 0.324. The maximum Gasteiger partial charge on any atom is 0.215 e. The van der Waals surface area contributed by atoms with Gasteiger partial charge in [-0.05, 0) is 24.3 Å². The van der Waals surface area contributed by atoms with Gasteiger partial charge in [0.25, 0.3) is 0 Å². The van der Waals surface area contributed by atoms with E-state index in [-0.39, 0.29) is 22.9 Å². The standard InChI is InChI=1S/C21H17ClN2O5S3/c1-27-9-6-8(7-10(28-2)18(9)29-3)16(25)19-14(23)13-15(24)20(32-21(13)31-19)17(26)11-4-5-12(22)30-11/h4-7H,23-24H2,1-3H3. The first-order valence-electron chi connectivity index (χ1n) is 9.05.